The summed E-state index contributed by atoms with van der Waals surface area (Å²) in [5, 5.41) is 3.45. The molecule has 0 fully saturated rings. The Balaban J connectivity index is 1.51. The molecule has 4 rings (SSSR count). The Hall–Kier alpha value is -3.53. The quantitative estimate of drug-likeness (QED) is 0.429. The second-order valence-corrected chi connectivity index (χ2v) is 7.94. The van der Waals surface area contributed by atoms with Crippen LogP contribution in [0.2, 0.25) is 0 Å². The molecule has 0 radical (unpaired) electrons. The molecule has 1 amide bonds. The second-order valence-electron chi connectivity index (χ2n) is 7.00. The lowest BCUT2D eigenvalue weighted by Gasteiger charge is -2.19. The minimum absolute atomic E-state index is 0.00432. The molecular formula is C22H22N4O5S. The van der Waals surface area contributed by atoms with Gasteiger partial charge in [0.25, 0.3) is 0 Å². The largest absolute Gasteiger partial charge is 0.491 e. The molecule has 1 N–H and O–H groups in total. The topological polar surface area (TPSA) is 105 Å². The van der Waals surface area contributed by atoms with Crippen LogP contribution in [-0.2, 0) is 17.1 Å². The van der Waals surface area contributed by atoms with Crippen LogP contribution in [0.25, 0.3) is 0 Å². The van der Waals surface area contributed by atoms with Gasteiger partial charge in [-0.3, -0.25) is 9.59 Å². The van der Waals surface area contributed by atoms with E-state index in [9.17, 15) is 9.59 Å². The van der Waals surface area contributed by atoms with Crippen LogP contribution in [0, 0.1) is 6.92 Å². The lowest BCUT2D eigenvalue weighted by molar-refractivity contribution is -0.116. The number of aryl methyl sites for hydroxylation is 1. The number of hydrogen-bond donors (Lipinski definition) is 1. The summed E-state index contributed by atoms with van der Waals surface area (Å²) in [5.74, 6) is 1.56. The molecule has 1 aliphatic heterocycles. The Morgan fingerprint density at radius 3 is 2.81 bits per heavy atom. The van der Waals surface area contributed by atoms with Gasteiger partial charge in [-0.25, -0.2) is 9.97 Å². The number of hydrogen-bond acceptors (Lipinski definition) is 8. The van der Waals surface area contributed by atoms with Crippen molar-refractivity contribution in [1.82, 2.24) is 14.5 Å². The Morgan fingerprint density at radius 2 is 2.03 bits per heavy atom. The third-order valence-electron chi connectivity index (χ3n) is 4.66. The first-order chi connectivity index (χ1) is 15.5. The molecular weight excluding hydrogens is 432 g/mol. The summed E-state index contributed by atoms with van der Waals surface area (Å²) >= 11 is 1.39. The summed E-state index contributed by atoms with van der Waals surface area (Å²) in [5.41, 5.74) is 1.85. The highest BCUT2D eigenvalue weighted by atomic mass is 32.2. The number of pyridine rings is 1. The highest BCUT2D eigenvalue weighted by molar-refractivity contribution is 7.98. The molecule has 0 spiro atoms. The molecule has 10 heteroatoms. The van der Waals surface area contributed by atoms with Crippen LogP contribution in [0.3, 0.4) is 0 Å². The van der Waals surface area contributed by atoms with Crippen LogP contribution in [0.4, 0.5) is 5.69 Å². The molecule has 32 heavy (non-hydrogen) atoms. The van der Waals surface area contributed by atoms with E-state index in [0.717, 1.165) is 5.69 Å². The summed E-state index contributed by atoms with van der Waals surface area (Å²) in [4.78, 5) is 33.6. The van der Waals surface area contributed by atoms with E-state index < -0.39 is 0 Å². The van der Waals surface area contributed by atoms with Crippen LogP contribution in [-0.4, -0.2) is 40.8 Å². The van der Waals surface area contributed by atoms with Gasteiger partial charge in [0.2, 0.25) is 11.3 Å². The highest BCUT2D eigenvalue weighted by Gasteiger charge is 2.15. The molecule has 0 saturated carbocycles. The summed E-state index contributed by atoms with van der Waals surface area (Å²) in [6.45, 7) is 2.85. The van der Waals surface area contributed by atoms with Gasteiger partial charge in [-0.1, -0.05) is 11.8 Å². The number of carbonyl (C=O) groups excluding carboxylic acids is 1. The lowest BCUT2D eigenvalue weighted by atomic mass is 10.2. The summed E-state index contributed by atoms with van der Waals surface area (Å²) in [6, 6.07) is 8.53. The number of anilines is 1. The van der Waals surface area contributed by atoms with Crippen molar-refractivity contribution in [3.05, 3.63) is 64.3 Å². The number of ether oxygens (including phenoxy) is 3. The van der Waals surface area contributed by atoms with E-state index in [0.29, 0.717) is 47.0 Å². The number of nitrogens with zero attached hydrogens (tertiary/aromatic N) is 3. The molecule has 1 aliphatic rings. The average Bonchev–Trinajstić information content (AvgIpc) is 2.79. The predicted molar refractivity (Wildman–Crippen MR) is 120 cm³/mol. The maximum atomic E-state index is 12.8. The van der Waals surface area contributed by atoms with Crippen LogP contribution in [0.15, 0.2) is 52.7 Å². The Morgan fingerprint density at radius 1 is 1.22 bits per heavy atom. The standard InChI is InChI=1S/C22H22N4O5S/c1-14-5-6-23-22(24-14)32-13-16-10-17(27)20(29-2)11-26(16)12-21(28)25-15-3-4-18-19(9-15)31-8-7-30-18/h3-6,9-11H,7-8,12-13H2,1-2H3,(H,25,28). The van der Waals surface area contributed by atoms with E-state index in [2.05, 4.69) is 15.3 Å². The molecule has 1 aromatic carbocycles. The zero-order chi connectivity index (χ0) is 22.5. The number of methoxy groups -OCH3 is 1. The van der Waals surface area contributed by atoms with Crippen LogP contribution < -0.4 is 25.0 Å². The molecule has 0 bridgehead atoms. The normalized spacial score (nSPS) is 12.3. The van der Waals surface area contributed by atoms with E-state index in [4.69, 9.17) is 14.2 Å². The number of fused-ring (bicyclic) bond motifs is 1. The lowest BCUT2D eigenvalue weighted by Crippen LogP contribution is -2.23. The zero-order valence-electron chi connectivity index (χ0n) is 17.7. The third-order valence-corrected chi connectivity index (χ3v) is 5.56. The van der Waals surface area contributed by atoms with Gasteiger partial charge in [-0.05, 0) is 25.1 Å². The monoisotopic (exact) mass is 454 g/mol. The number of nitrogens with one attached hydrogen (secondary N) is 1. The molecule has 0 aliphatic carbocycles. The van der Waals surface area contributed by atoms with E-state index >= 15 is 0 Å². The minimum atomic E-state index is -0.259. The Kier molecular flexibility index (Phi) is 6.60. The molecule has 3 heterocycles. The number of rotatable bonds is 7. The van der Waals surface area contributed by atoms with Crippen molar-refractivity contribution in [2.45, 2.75) is 24.4 Å². The number of benzene rings is 1. The van der Waals surface area contributed by atoms with Gasteiger partial charge in [0.1, 0.15) is 19.8 Å². The first-order valence-corrected chi connectivity index (χ1v) is 10.9. The van der Waals surface area contributed by atoms with E-state index in [1.165, 1.54) is 24.9 Å². The first kappa shape index (κ1) is 21.7. The third kappa shape index (κ3) is 5.20. The van der Waals surface area contributed by atoms with Gasteiger partial charge in [0.15, 0.2) is 22.4 Å². The zero-order valence-corrected chi connectivity index (χ0v) is 18.5. The van der Waals surface area contributed by atoms with Crippen molar-refractivity contribution >= 4 is 23.4 Å². The molecule has 0 saturated heterocycles. The van der Waals surface area contributed by atoms with Crippen molar-refractivity contribution in [1.29, 1.82) is 0 Å². The van der Waals surface area contributed by atoms with Gasteiger partial charge in [-0.2, -0.15) is 0 Å². The second kappa shape index (κ2) is 9.73. The molecule has 3 aromatic rings. The van der Waals surface area contributed by atoms with Crippen molar-refractivity contribution in [2.24, 2.45) is 0 Å². The van der Waals surface area contributed by atoms with Gasteiger partial charge >= 0.3 is 0 Å². The van der Waals surface area contributed by atoms with E-state index in [-0.39, 0.29) is 23.6 Å². The number of carbonyl (C=O) groups is 1. The molecule has 0 unspecified atom stereocenters. The smallest absolute Gasteiger partial charge is 0.244 e. The van der Waals surface area contributed by atoms with Crippen molar-refractivity contribution in [3.63, 3.8) is 0 Å². The predicted octanol–water partition coefficient (Wildman–Crippen LogP) is 2.66. The fraction of sp³-hybridized carbons (Fsp3) is 0.273. The minimum Gasteiger partial charge on any atom is -0.491 e. The maximum absolute atomic E-state index is 12.8. The number of aromatic nitrogens is 3. The van der Waals surface area contributed by atoms with Crippen LogP contribution in [0.5, 0.6) is 17.2 Å². The molecule has 9 nitrogen and oxygen atoms in total. The van der Waals surface area contributed by atoms with E-state index in [1.807, 2.05) is 13.0 Å². The van der Waals surface area contributed by atoms with E-state index in [1.54, 1.807) is 35.2 Å². The summed E-state index contributed by atoms with van der Waals surface area (Å²) in [7, 11) is 1.42. The van der Waals surface area contributed by atoms with Crippen LogP contribution in [0.1, 0.15) is 11.4 Å². The fourth-order valence-corrected chi connectivity index (χ4v) is 4.00. The summed E-state index contributed by atoms with van der Waals surface area (Å²) < 4.78 is 17.9. The highest BCUT2D eigenvalue weighted by Crippen LogP contribution is 2.32. The van der Waals surface area contributed by atoms with Crippen molar-refractivity contribution < 1.29 is 19.0 Å². The van der Waals surface area contributed by atoms with Gasteiger partial charge in [0, 0.05) is 41.2 Å². The van der Waals surface area contributed by atoms with Crippen LogP contribution >= 0.6 is 11.8 Å². The van der Waals surface area contributed by atoms with Gasteiger partial charge in [0.05, 0.1) is 13.3 Å². The number of thioether (sulfide) groups is 1. The molecule has 166 valence electrons. The Bertz CT molecular complexity index is 1200. The molecule has 2 aromatic heterocycles. The average molecular weight is 455 g/mol. The molecule has 0 atom stereocenters. The fourth-order valence-electron chi connectivity index (χ4n) is 3.13. The number of amides is 1. The van der Waals surface area contributed by atoms with Gasteiger partial charge < -0.3 is 24.1 Å². The maximum Gasteiger partial charge on any atom is 0.244 e. The Labute approximate surface area is 188 Å². The first-order valence-electron chi connectivity index (χ1n) is 9.91. The summed E-state index contributed by atoms with van der Waals surface area (Å²) in [6.07, 6.45) is 3.23. The van der Waals surface area contributed by atoms with Crippen molar-refractivity contribution in [2.75, 3.05) is 25.6 Å². The SMILES string of the molecule is COc1cn(CC(=O)Nc2ccc3c(c2)OCCO3)c(CSc2nccc(C)n2)cc1=O. The van der Waals surface area contributed by atoms with Crippen molar-refractivity contribution in [3.8, 4) is 17.2 Å². The van der Waals surface area contributed by atoms with Gasteiger partial charge in [-0.15, -0.1) is 0 Å².